The van der Waals surface area contributed by atoms with E-state index < -0.39 is 0 Å². The summed E-state index contributed by atoms with van der Waals surface area (Å²) in [6, 6.07) is 10.3. The molecule has 0 bridgehead atoms. The Hall–Kier alpha value is -2.15. The topological polar surface area (TPSA) is 54.5 Å². The first kappa shape index (κ1) is 10.4. The van der Waals surface area contributed by atoms with Gasteiger partial charge in [0.1, 0.15) is 6.54 Å². The minimum Gasteiger partial charge on any atom is -0.231 e. The highest BCUT2D eigenvalue weighted by molar-refractivity contribution is 5.58. The summed E-state index contributed by atoms with van der Waals surface area (Å²) in [6.07, 6.45) is 2.70. The number of rotatable bonds is 3. The lowest BCUT2D eigenvalue weighted by Crippen LogP contribution is -2.00. The number of aromatic nitrogens is 3. The molecule has 16 heavy (non-hydrogen) atoms. The van der Waals surface area contributed by atoms with Crippen molar-refractivity contribution < 1.29 is 0 Å². The zero-order chi connectivity index (χ0) is 11.4. The van der Waals surface area contributed by atoms with E-state index in [0.717, 1.165) is 17.7 Å². The highest BCUT2D eigenvalue weighted by Crippen LogP contribution is 2.18. The Morgan fingerprint density at radius 1 is 1.31 bits per heavy atom. The molecule has 2 rings (SSSR count). The maximum atomic E-state index is 8.65. The van der Waals surface area contributed by atoms with Crippen LogP contribution in [0.3, 0.4) is 0 Å². The Bertz CT molecular complexity index is 505. The van der Waals surface area contributed by atoms with Crippen molar-refractivity contribution in [1.29, 1.82) is 5.26 Å². The van der Waals surface area contributed by atoms with Gasteiger partial charge in [-0.15, -0.1) is 5.10 Å². The molecule has 0 unspecified atom stereocenters. The van der Waals surface area contributed by atoms with E-state index in [-0.39, 0.29) is 6.54 Å². The van der Waals surface area contributed by atoms with Crippen molar-refractivity contribution in [2.45, 2.75) is 19.9 Å². The highest BCUT2D eigenvalue weighted by Gasteiger charge is 2.05. The third-order valence-corrected chi connectivity index (χ3v) is 2.50. The zero-order valence-electron chi connectivity index (χ0n) is 9.09. The number of hydrogen-bond acceptors (Lipinski definition) is 3. The SMILES string of the molecule is CCc1ccc(-c2cnnn2CC#N)cc1. The molecule has 0 atom stereocenters. The lowest BCUT2D eigenvalue weighted by atomic mass is 10.1. The van der Waals surface area contributed by atoms with Gasteiger partial charge in [0.25, 0.3) is 0 Å². The molecule has 0 spiro atoms. The van der Waals surface area contributed by atoms with Gasteiger partial charge in [0.05, 0.1) is 18.0 Å². The lowest BCUT2D eigenvalue weighted by molar-refractivity contribution is 0.674. The molecule has 0 aliphatic carbocycles. The Morgan fingerprint density at radius 2 is 2.06 bits per heavy atom. The summed E-state index contributed by atoms with van der Waals surface area (Å²) in [4.78, 5) is 0. The summed E-state index contributed by atoms with van der Waals surface area (Å²) < 4.78 is 1.60. The lowest BCUT2D eigenvalue weighted by Gasteiger charge is -2.03. The van der Waals surface area contributed by atoms with Crippen molar-refractivity contribution in [3.63, 3.8) is 0 Å². The molecule has 1 heterocycles. The van der Waals surface area contributed by atoms with Crippen LogP contribution in [0, 0.1) is 11.3 Å². The van der Waals surface area contributed by atoms with Crippen molar-refractivity contribution in [3.05, 3.63) is 36.0 Å². The second-order valence-corrected chi connectivity index (χ2v) is 3.49. The van der Waals surface area contributed by atoms with Crippen LogP contribution in [-0.4, -0.2) is 15.0 Å². The van der Waals surface area contributed by atoms with Gasteiger partial charge in [-0.05, 0) is 12.0 Å². The third kappa shape index (κ3) is 1.94. The molecule has 0 aliphatic rings. The molecule has 0 aliphatic heterocycles. The normalized spacial score (nSPS) is 10.0. The molecule has 0 fully saturated rings. The fourth-order valence-corrected chi connectivity index (χ4v) is 1.58. The van der Waals surface area contributed by atoms with Crippen LogP contribution < -0.4 is 0 Å². The number of benzene rings is 1. The van der Waals surface area contributed by atoms with Crippen LogP contribution >= 0.6 is 0 Å². The molecule has 0 amide bonds. The average Bonchev–Trinajstić information content (AvgIpc) is 2.78. The average molecular weight is 212 g/mol. The van der Waals surface area contributed by atoms with Gasteiger partial charge in [-0.3, -0.25) is 0 Å². The van der Waals surface area contributed by atoms with Crippen molar-refractivity contribution in [2.75, 3.05) is 0 Å². The predicted molar refractivity (Wildman–Crippen MR) is 60.4 cm³/mol. The maximum Gasteiger partial charge on any atom is 0.130 e. The van der Waals surface area contributed by atoms with Crippen LogP contribution in [-0.2, 0) is 13.0 Å². The molecule has 1 aromatic carbocycles. The summed E-state index contributed by atoms with van der Waals surface area (Å²) in [5, 5.41) is 16.3. The van der Waals surface area contributed by atoms with Gasteiger partial charge in [-0.25, -0.2) is 4.68 Å². The van der Waals surface area contributed by atoms with Crippen molar-refractivity contribution in [2.24, 2.45) is 0 Å². The van der Waals surface area contributed by atoms with Crippen LogP contribution in [0.2, 0.25) is 0 Å². The first-order valence-electron chi connectivity index (χ1n) is 5.20. The molecule has 2 aromatic rings. The second kappa shape index (κ2) is 4.58. The van der Waals surface area contributed by atoms with Gasteiger partial charge < -0.3 is 0 Å². The molecule has 80 valence electrons. The molecular weight excluding hydrogens is 200 g/mol. The van der Waals surface area contributed by atoms with Gasteiger partial charge in [0.2, 0.25) is 0 Å². The molecule has 0 saturated carbocycles. The van der Waals surface area contributed by atoms with E-state index in [1.54, 1.807) is 10.9 Å². The minimum absolute atomic E-state index is 0.227. The van der Waals surface area contributed by atoms with E-state index in [0.29, 0.717) is 0 Å². The molecule has 0 radical (unpaired) electrons. The maximum absolute atomic E-state index is 8.65. The molecule has 1 aromatic heterocycles. The summed E-state index contributed by atoms with van der Waals surface area (Å²) in [5.74, 6) is 0. The van der Waals surface area contributed by atoms with Crippen LogP contribution in [0.4, 0.5) is 0 Å². The van der Waals surface area contributed by atoms with E-state index in [2.05, 4.69) is 35.4 Å². The Morgan fingerprint density at radius 3 is 2.69 bits per heavy atom. The summed E-state index contributed by atoms with van der Waals surface area (Å²) in [7, 11) is 0. The van der Waals surface area contributed by atoms with E-state index in [4.69, 9.17) is 5.26 Å². The monoisotopic (exact) mass is 212 g/mol. The molecule has 0 N–H and O–H groups in total. The highest BCUT2D eigenvalue weighted by atomic mass is 15.4. The van der Waals surface area contributed by atoms with E-state index in [1.165, 1.54) is 5.56 Å². The molecule has 4 nitrogen and oxygen atoms in total. The van der Waals surface area contributed by atoms with Crippen molar-refractivity contribution in [3.8, 4) is 17.3 Å². The standard InChI is InChI=1S/C12H12N4/c1-2-10-3-5-11(6-4-10)12-9-14-15-16(12)8-7-13/h3-6,9H,2,8H2,1H3. The molecule has 4 heteroatoms. The van der Waals surface area contributed by atoms with Gasteiger partial charge in [0.15, 0.2) is 0 Å². The fraction of sp³-hybridized carbons (Fsp3) is 0.250. The van der Waals surface area contributed by atoms with Crippen LogP contribution in [0.15, 0.2) is 30.5 Å². The predicted octanol–water partition coefficient (Wildman–Crippen LogP) is 2.03. The first-order valence-corrected chi connectivity index (χ1v) is 5.20. The Kier molecular flexibility index (Phi) is 2.97. The third-order valence-electron chi connectivity index (χ3n) is 2.50. The van der Waals surface area contributed by atoms with Crippen LogP contribution in [0.5, 0.6) is 0 Å². The molecule has 0 saturated heterocycles. The minimum atomic E-state index is 0.227. The van der Waals surface area contributed by atoms with E-state index >= 15 is 0 Å². The van der Waals surface area contributed by atoms with Gasteiger partial charge in [0, 0.05) is 5.56 Å². The Labute approximate surface area is 94.1 Å². The number of nitriles is 1. The number of hydrogen-bond donors (Lipinski definition) is 0. The largest absolute Gasteiger partial charge is 0.231 e. The van der Waals surface area contributed by atoms with Gasteiger partial charge in [-0.2, -0.15) is 5.26 Å². The van der Waals surface area contributed by atoms with Crippen molar-refractivity contribution in [1.82, 2.24) is 15.0 Å². The smallest absolute Gasteiger partial charge is 0.130 e. The van der Waals surface area contributed by atoms with Crippen LogP contribution in [0.25, 0.3) is 11.3 Å². The first-order chi connectivity index (χ1) is 7.85. The number of nitrogens with zero attached hydrogens (tertiary/aromatic N) is 4. The zero-order valence-corrected chi connectivity index (χ0v) is 9.09. The van der Waals surface area contributed by atoms with E-state index in [1.807, 2.05) is 12.1 Å². The summed E-state index contributed by atoms with van der Waals surface area (Å²) >= 11 is 0. The van der Waals surface area contributed by atoms with Gasteiger partial charge in [-0.1, -0.05) is 36.4 Å². The Balaban J connectivity index is 2.35. The van der Waals surface area contributed by atoms with Crippen LogP contribution in [0.1, 0.15) is 12.5 Å². The van der Waals surface area contributed by atoms with Crippen molar-refractivity contribution >= 4 is 0 Å². The summed E-state index contributed by atoms with van der Waals surface area (Å²) in [6.45, 7) is 2.35. The number of aryl methyl sites for hydroxylation is 1. The summed E-state index contributed by atoms with van der Waals surface area (Å²) in [5.41, 5.74) is 3.21. The van der Waals surface area contributed by atoms with Gasteiger partial charge >= 0.3 is 0 Å². The fourth-order valence-electron chi connectivity index (χ4n) is 1.58. The quantitative estimate of drug-likeness (QED) is 0.782. The second-order valence-electron chi connectivity index (χ2n) is 3.49. The molecular formula is C12H12N4. The van der Waals surface area contributed by atoms with E-state index in [9.17, 15) is 0 Å².